The second kappa shape index (κ2) is 6.32. The van der Waals surface area contributed by atoms with Gasteiger partial charge in [-0.1, -0.05) is 0 Å². The van der Waals surface area contributed by atoms with Gasteiger partial charge in [-0.25, -0.2) is 8.42 Å². The van der Waals surface area contributed by atoms with Crippen LogP contribution in [0.5, 0.6) is 0 Å². The minimum absolute atomic E-state index is 0.0689. The number of amides is 1. The highest BCUT2D eigenvalue weighted by atomic mass is 32.2. The van der Waals surface area contributed by atoms with Crippen LogP contribution in [-0.2, 0) is 21.1 Å². The van der Waals surface area contributed by atoms with Gasteiger partial charge in [-0.3, -0.25) is 4.79 Å². The normalized spacial score (nSPS) is 19.6. The fourth-order valence-electron chi connectivity index (χ4n) is 2.75. The van der Waals surface area contributed by atoms with E-state index in [1.165, 1.54) is 10.4 Å². The molecule has 1 amide bonds. The predicted octanol–water partition coefficient (Wildman–Crippen LogP) is 2.80. The third-order valence-electron chi connectivity index (χ3n) is 4.32. The summed E-state index contributed by atoms with van der Waals surface area (Å²) in [6.07, 6.45) is 1.77. The summed E-state index contributed by atoms with van der Waals surface area (Å²) in [5, 5.41) is 1.62. The van der Waals surface area contributed by atoms with E-state index >= 15 is 0 Å². The van der Waals surface area contributed by atoms with Crippen LogP contribution in [0.15, 0.2) is 11.4 Å². The lowest BCUT2D eigenvalue weighted by molar-refractivity contribution is -0.130. The summed E-state index contributed by atoms with van der Waals surface area (Å²) in [7, 11) is -3.20. The third-order valence-corrected chi connectivity index (χ3v) is 8.38. The van der Waals surface area contributed by atoms with Crippen molar-refractivity contribution in [3.05, 3.63) is 21.9 Å². The molecular formula is C16H25NO3S2. The average Bonchev–Trinajstić information content (AvgIpc) is 3.04. The van der Waals surface area contributed by atoms with Crippen LogP contribution in [0.1, 0.15) is 44.1 Å². The lowest BCUT2D eigenvalue weighted by atomic mass is 10.2. The summed E-state index contributed by atoms with van der Waals surface area (Å²) >= 11 is 1.68. The standard InChI is InChI=1S/C16H25NO3S2/c1-12-8-10-21-14(12)5-6-15(18)17-9-7-13(11-17)22(19,20)16(2,3)4/h8,10,13H,5-7,9,11H2,1-4H3. The van der Waals surface area contributed by atoms with Crippen LogP contribution in [0.25, 0.3) is 0 Å². The molecule has 2 rings (SSSR count). The molecule has 1 aromatic rings. The van der Waals surface area contributed by atoms with Crippen molar-refractivity contribution in [2.45, 2.75) is 57.0 Å². The lowest BCUT2D eigenvalue weighted by Gasteiger charge is -2.24. The maximum absolute atomic E-state index is 12.5. The largest absolute Gasteiger partial charge is 0.341 e. The van der Waals surface area contributed by atoms with Crippen molar-refractivity contribution in [2.24, 2.45) is 0 Å². The molecule has 0 aromatic carbocycles. The zero-order valence-corrected chi connectivity index (χ0v) is 15.4. The van der Waals surface area contributed by atoms with Gasteiger partial charge in [0, 0.05) is 24.4 Å². The van der Waals surface area contributed by atoms with Crippen LogP contribution in [0.2, 0.25) is 0 Å². The highest BCUT2D eigenvalue weighted by Gasteiger charge is 2.41. The van der Waals surface area contributed by atoms with E-state index in [0.717, 1.165) is 6.42 Å². The summed E-state index contributed by atoms with van der Waals surface area (Å²) in [5.41, 5.74) is 1.23. The van der Waals surface area contributed by atoms with Gasteiger partial charge in [0.2, 0.25) is 5.91 Å². The minimum atomic E-state index is -3.20. The molecule has 1 atom stereocenters. The molecule has 1 saturated heterocycles. The molecule has 124 valence electrons. The molecule has 22 heavy (non-hydrogen) atoms. The first kappa shape index (κ1) is 17.5. The van der Waals surface area contributed by atoms with Crippen LogP contribution >= 0.6 is 11.3 Å². The predicted molar refractivity (Wildman–Crippen MR) is 91.0 cm³/mol. The number of carbonyl (C=O) groups excluding carboxylic acids is 1. The number of thiophene rings is 1. The first-order valence-electron chi connectivity index (χ1n) is 7.67. The van der Waals surface area contributed by atoms with Gasteiger partial charge < -0.3 is 4.90 Å². The maximum Gasteiger partial charge on any atom is 0.222 e. The summed E-state index contributed by atoms with van der Waals surface area (Å²) in [5.74, 6) is 0.0689. The van der Waals surface area contributed by atoms with Crippen molar-refractivity contribution in [1.82, 2.24) is 4.90 Å². The molecule has 1 aliphatic heterocycles. The van der Waals surface area contributed by atoms with Crippen molar-refractivity contribution >= 4 is 27.1 Å². The molecule has 0 aliphatic carbocycles. The van der Waals surface area contributed by atoms with Crippen molar-refractivity contribution in [2.75, 3.05) is 13.1 Å². The highest BCUT2D eigenvalue weighted by molar-refractivity contribution is 7.93. The van der Waals surface area contributed by atoms with Crippen molar-refractivity contribution < 1.29 is 13.2 Å². The van der Waals surface area contributed by atoms with Gasteiger partial charge >= 0.3 is 0 Å². The van der Waals surface area contributed by atoms with E-state index in [1.54, 1.807) is 37.0 Å². The van der Waals surface area contributed by atoms with Crippen LogP contribution in [0, 0.1) is 6.92 Å². The fourth-order valence-corrected chi connectivity index (χ4v) is 5.45. The molecule has 1 aromatic heterocycles. The van der Waals surface area contributed by atoms with Crippen LogP contribution in [0.3, 0.4) is 0 Å². The number of hydrogen-bond acceptors (Lipinski definition) is 4. The Bertz CT molecular complexity index is 641. The molecule has 2 heterocycles. The Hall–Kier alpha value is -0.880. The van der Waals surface area contributed by atoms with E-state index in [2.05, 4.69) is 13.0 Å². The van der Waals surface area contributed by atoms with Crippen LogP contribution in [0.4, 0.5) is 0 Å². The molecule has 0 radical (unpaired) electrons. The zero-order valence-electron chi connectivity index (χ0n) is 13.8. The number of sulfone groups is 1. The Morgan fingerprint density at radius 2 is 2.09 bits per heavy atom. The van der Waals surface area contributed by atoms with E-state index in [9.17, 15) is 13.2 Å². The summed E-state index contributed by atoms with van der Waals surface area (Å²) < 4.78 is 24.2. The Balaban J connectivity index is 1.93. The second-order valence-electron chi connectivity index (χ2n) is 6.93. The van der Waals surface area contributed by atoms with E-state index in [4.69, 9.17) is 0 Å². The smallest absolute Gasteiger partial charge is 0.222 e. The van der Waals surface area contributed by atoms with Crippen LogP contribution in [-0.4, -0.2) is 42.3 Å². The first-order valence-corrected chi connectivity index (χ1v) is 10.1. The van der Waals surface area contributed by atoms with Gasteiger partial charge in [-0.15, -0.1) is 11.3 Å². The van der Waals surface area contributed by atoms with Gasteiger partial charge in [0.15, 0.2) is 9.84 Å². The molecule has 1 fully saturated rings. The molecule has 4 nitrogen and oxygen atoms in total. The van der Waals surface area contributed by atoms with Gasteiger partial charge in [0.1, 0.15) is 0 Å². The van der Waals surface area contributed by atoms with Gasteiger partial charge in [-0.2, -0.15) is 0 Å². The van der Waals surface area contributed by atoms with Crippen LogP contribution < -0.4 is 0 Å². The average molecular weight is 344 g/mol. The van der Waals surface area contributed by atoms with E-state index in [1.807, 2.05) is 5.38 Å². The Morgan fingerprint density at radius 1 is 1.41 bits per heavy atom. The minimum Gasteiger partial charge on any atom is -0.341 e. The molecule has 1 aliphatic rings. The van der Waals surface area contributed by atoms with Gasteiger partial charge in [0.05, 0.1) is 10.00 Å². The molecule has 0 saturated carbocycles. The Kier molecular flexibility index (Phi) is 5.02. The molecule has 0 bridgehead atoms. The number of aryl methyl sites for hydroxylation is 2. The Morgan fingerprint density at radius 3 is 2.64 bits per heavy atom. The highest BCUT2D eigenvalue weighted by Crippen LogP contribution is 2.27. The topological polar surface area (TPSA) is 54.5 Å². The number of rotatable bonds is 4. The quantitative estimate of drug-likeness (QED) is 0.845. The van der Waals surface area contributed by atoms with Crippen molar-refractivity contribution in [3.63, 3.8) is 0 Å². The molecule has 1 unspecified atom stereocenters. The number of hydrogen-bond donors (Lipinski definition) is 0. The van der Waals surface area contributed by atoms with E-state index < -0.39 is 19.8 Å². The molecule has 6 heteroatoms. The second-order valence-corrected chi connectivity index (χ2v) is 10.9. The molecular weight excluding hydrogens is 318 g/mol. The SMILES string of the molecule is Cc1ccsc1CCC(=O)N1CCC(S(=O)(=O)C(C)(C)C)C1. The molecule has 0 spiro atoms. The number of likely N-dealkylation sites (tertiary alicyclic amines) is 1. The summed E-state index contributed by atoms with van der Waals surface area (Å²) in [6.45, 7) is 8.15. The number of nitrogens with zero attached hydrogens (tertiary/aromatic N) is 1. The van der Waals surface area contributed by atoms with E-state index in [-0.39, 0.29) is 5.91 Å². The van der Waals surface area contributed by atoms with Crippen molar-refractivity contribution in [1.29, 1.82) is 0 Å². The maximum atomic E-state index is 12.5. The van der Waals surface area contributed by atoms with Gasteiger partial charge in [0.25, 0.3) is 0 Å². The fraction of sp³-hybridized carbons (Fsp3) is 0.688. The van der Waals surface area contributed by atoms with Gasteiger partial charge in [-0.05, 0) is 57.5 Å². The number of carbonyl (C=O) groups is 1. The monoisotopic (exact) mass is 343 g/mol. The third kappa shape index (κ3) is 3.54. The van der Waals surface area contributed by atoms with E-state index in [0.29, 0.717) is 25.9 Å². The zero-order chi connectivity index (χ0) is 16.5. The molecule has 0 N–H and O–H groups in total. The Labute approximate surface area is 137 Å². The van der Waals surface area contributed by atoms with Crippen molar-refractivity contribution in [3.8, 4) is 0 Å². The summed E-state index contributed by atoms with van der Waals surface area (Å²) in [4.78, 5) is 15.3. The summed E-state index contributed by atoms with van der Waals surface area (Å²) in [6, 6.07) is 2.06. The lowest BCUT2D eigenvalue weighted by Crippen LogP contribution is -2.39. The first-order chi connectivity index (χ1) is 10.1.